The number of hydrogen-bond acceptors (Lipinski definition) is 5. The maximum absolute atomic E-state index is 8.05. The van der Waals surface area contributed by atoms with E-state index in [2.05, 4.69) is 35.9 Å². The summed E-state index contributed by atoms with van der Waals surface area (Å²) in [6, 6.07) is 14.2. The normalized spacial score (nSPS) is 14.7. The molecule has 0 radical (unpaired) electrons. The fourth-order valence-corrected chi connectivity index (χ4v) is 5.09. The predicted molar refractivity (Wildman–Crippen MR) is 141 cm³/mol. The van der Waals surface area contributed by atoms with Crippen molar-refractivity contribution in [2.24, 2.45) is 5.73 Å². The van der Waals surface area contributed by atoms with Gasteiger partial charge in [-0.25, -0.2) is 4.98 Å². The van der Waals surface area contributed by atoms with Crippen molar-refractivity contribution in [3.05, 3.63) is 59.4 Å². The second-order valence-electron chi connectivity index (χ2n) is 9.52. The minimum Gasteiger partial charge on any atom is -0.494 e. The minimum atomic E-state index is 0.0577. The SMILES string of the molecule is COc1c(C)c(OC2CCNCC2)cc2c1nc(C(C)C)n2-c1ccc(C(=N)N)c2ccccc12. The molecule has 7 heteroatoms. The van der Waals surface area contributed by atoms with Gasteiger partial charge in [0.1, 0.15) is 29.0 Å². The predicted octanol–water partition coefficient (Wildman–Crippen LogP) is 5.03. The highest BCUT2D eigenvalue weighted by molar-refractivity contribution is 6.10. The van der Waals surface area contributed by atoms with Gasteiger partial charge >= 0.3 is 0 Å². The third kappa shape index (κ3) is 4.00. The van der Waals surface area contributed by atoms with Crippen LogP contribution in [0, 0.1) is 12.3 Å². The molecule has 1 aromatic heterocycles. The molecule has 2 heterocycles. The first-order valence-electron chi connectivity index (χ1n) is 12.2. The van der Waals surface area contributed by atoms with E-state index in [0.29, 0.717) is 0 Å². The molecule has 4 aromatic rings. The molecule has 0 amide bonds. The molecule has 0 bridgehead atoms. The Morgan fingerprint density at radius 3 is 2.51 bits per heavy atom. The van der Waals surface area contributed by atoms with Gasteiger partial charge in [-0.15, -0.1) is 0 Å². The average Bonchev–Trinajstić information content (AvgIpc) is 3.23. The number of nitrogens with two attached hydrogens (primary N) is 1. The summed E-state index contributed by atoms with van der Waals surface area (Å²) in [4.78, 5) is 5.08. The zero-order chi connectivity index (χ0) is 24.7. The highest BCUT2D eigenvalue weighted by atomic mass is 16.5. The Labute approximate surface area is 205 Å². The van der Waals surface area contributed by atoms with Gasteiger partial charge in [0.05, 0.1) is 18.3 Å². The van der Waals surface area contributed by atoms with Crippen molar-refractivity contribution in [3.8, 4) is 17.2 Å². The van der Waals surface area contributed by atoms with Gasteiger partial charge in [-0.3, -0.25) is 9.98 Å². The third-order valence-corrected chi connectivity index (χ3v) is 6.86. The van der Waals surface area contributed by atoms with Gasteiger partial charge in [0.25, 0.3) is 0 Å². The zero-order valence-electron chi connectivity index (χ0n) is 20.8. The Morgan fingerprint density at radius 2 is 1.86 bits per heavy atom. The molecule has 1 aliphatic rings. The summed E-state index contributed by atoms with van der Waals surface area (Å²) in [5.41, 5.74) is 10.4. The van der Waals surface area contributed by atoms with Crippen LogP contribution in [0.15, 0.2) is 42.5 Å². The summed E-state index contributed by atoms with van der Waals surface area (Å²) in [5.74, 6) is 2.76. The van der Waals surface area contributed by atoms with Crippen molar-refractivity contribution in [2.45, 2.75) is 45.6 Å². The third-order valence-electron chi connectivity index (χ3n) is 6.86. The van der Waals surface area contributed by atoms with E-state index in [9.17, 15) is 0 Å². The molecule has 0 spiro atoms. The number of imidazole rings is 1. The average molecular weight is 472 g/mol. The van der Waals surface area contributed by atoms with Crippen molar-refractivity contribution in [3.63, 3.8) is 0 Å². The summed E-state index contributed by atoms with van der Waals surface area (Å²) >= 11 is 0. The van der Waals surface area contributed by atoms with Crippen LogP contribution in [0.1, 0.15) is 49.6 Å². The Hall–Kier alpha value is -3.58. The van der Waals surface area contributed by atoms with Gasteiger partial charge in [0, 0.05) is 28.5 Å². The van der Waals surface area contributed by atoms with E-state index in [1.54, 1.807) is 7.11 Å². The molecule has 3 aromatic carbocycles. The maximum atomic E-state index is 8.05. The highest BCUT2D eigenvalue weighted by Gasteiger charge is 2.25. The number of nitrogen functional groups attached to an aromatic ring is 1. The summed E-state index contributed by atoms with van der Waals surface area (Å²) < 4.78 is 14.6. The monoisotopic (exact) mass is 471 g/mol. The van der Waals surface area contributed by atoms with Crippen molar-refractivity contribution >= 4 is 27.6 Å². The van der Waals surface area contributed by atoms with E-state index in [-0.39, 0.29) is 17.9 Å². The number of piperidine rings is 1. The van der Waals surface area contributed by atoms with Crippen LogP contribution in [0.5, 0.6) is 11.5 Å². The maximum Gasteiger partial charge on any atom is 0.153 e. The molecule has 0 unspecified atom stereocenters. The molecule has 0 aliphatic carbocycles. The molecular weight excluding hydrogens is 438 g/mol. The van der Waals surface area contributed by atoms with Crippen LogP contribution in [-0.4, -0.2) is 41.7 Å². The van der Waals surface area contributed by atoms with Crippen LogP contribution in [0.25, 0.3) is 27.5 Å². The smallest absolute Gasteiger partial charge is 0.153 e. The molecule has 35 heavy (non-hydrogen) atoms. The molecular formula is C28H33N5O2. The largest absolute Gasteiger partial charge is 0.494 e. The number of amidine groups is 1. The zero-order valence-corrected chi connectivity index (χ0v) is 20.8. The van der Waals surface area contributed by atoms with Crippen molar-refractivity contribution in [1.29, 1.82) is 5.41 Å². The van der Waals surface area contributed by atoms with E-state index < -0.39 is 0 Å². The lowest BCUT2D eigenvalue weighted by molar-refractivity contribution is 0.161. The van der Waals surface area contributed by atoms with Gasteiger partial charge < -0.3 is 20.5 Å². The standard InChI is InChI=1S/C28H33N5O2/c1-16(2)28-32-25-23(15-24(17(3)26(25)34-4)35-18-11-13-31-14-12-18)33(28)22-10-9-21(27(29)30)19-7-5-6-8-20(19)22/h5-10,15-16,18,31H,11-14H2,1-4H3,(H3,29,30). The number of fused-ring (bicyclic) bond motifs is 2. The first kappa shape index (κ1) is 23.2. The van der Waals surface area contributed by atoms with E-state index in [1.807, 2.05) is 37.3 Å². The second-order valence-corrected chi connectivity index (χ2v) is 9.52. The van der Waals surface area contributed by atoms with E-state index in [4.69, 9.17) is 25.6 Å². The lowest BCUT2D eigenvalue weighted by atomic mass is 10.0. The lowest BCUT2D eigenvalue weighted by Crippen LogP contribution is -2.34. The number of benzene rings is 3. The fourth-order valence-electron chi connectivity index (χ4n) is 5.09. The van der Waals surface area contributed by atoms with Gasteiger partial charge in [-0.05, 0) is 50.4 Å². The minimum absolute atomic E-state index is 0.0577. The number of aromatic nitrogens is 2. The molecule has 0 saturated carbocycles. The van der Waals surface area contributed by atoms with Crippen LogP contribution in [0.3, 0.4) is 0 Å². The van der Waals surface area contributed by atoms with Crippen molar-refractivity contribution in [1.82, 2.24) is 14.9 Å². The van der Waals surface area contributed by atoms with Gasteiger partial charge in [0.15, 0.2) is 5.75 Å². The van der Waals surface area contributed by atoms with Gasteiger partial charge in [0.2, 0.25) is 0 Å². The molecule has 1 fully saturated rings. The number of nitrogens with zero attached hydrogens (tertiary/aromatic N) is 2. The van der Waals surface area contributed by atoms with Crippen molar-refractivity contribution < 1.29 is 9.47 Å². The highest BCUT2D eigenvalue weighted by Crippen LogP contribution is 2.40. The van der Waals surface area contributed by atoms with Gasteiger partial charge in [-0.2, -0.15) is 0 Å². The number of hydrogen-bond donors (Lipinski definition) is 3. The van der Waals surface area contributed by atoms with Gasteiger partial charge in [-0.1, -0.05) is 38.1 Å². The molecule has 182 valence electrons. The first-order chi connectivity index (χ1) is 16.9. The van der Waals surface area contributed by atoms with Crippen LogP contribution in [-0.2, 0) is 0 Å². The lowest BCUT2D eigenvalue weighted by Gasteiger charge is -2.25. The van der Waals surface area contributed by atoms with E-state index >= 15 is 0 Å². The quantitative estimate of drug-likeness (QED) is 0.270. The second kappa shape index (κ2) is 9.23. The molecule has 5 rings (SSSR count). The Balaban J connectivity index is 1.80. The van der Waals surface area contributed by atoms with Crippen LogP contribution < -0.4 is 20.5 Å². The molecule has 4 N–H and O–H groups in total. The summed E-state index contributed by atoms with van der Waals surface area (Å²) in [6.45, 7) is 8.27. The van der Waals surface area contributed by atoms with E-state index in [0.717, 1.165) is 81.9 Å². The van der Waals surface area contributed by atoms with Crippen LogP contribution in [0.2, 0.25) is 0 Å². The number of rotatable bonds is 6. The Morgan fingerprint density at radius 1 is 1.14 bits per heavy atom. The van der Waals surface area contributed by atoms with Crippen LogP contribution in [0.4, 0.5) is 0 Å². The Kier molecular flexibility index (Phi) is 6.11. The van der Waals surface area contributed by atoms with E-state index in [1.165, 1.54) is 0 Å². The molecule has 0 atom stereocenters. The Bertz CT molecular complexity index is 1420. The van der Waals surface area contributed by atoms with Crippen molar-refractivity contribution in [2.75, 3.05) is 20.2 Å². The number of ether oxygens (including phenoxy) is 2. The summed E-state index contributed by atoms with van der Waals surface area (Å²) in [5, 5.41) is 13.4. The summed E-state index contributed by atoms with van der Waals surface area (Å²) in [6.07, 6.45) is 2.13. The summed E-state index contributed by atoms with van der Waals surface area (Å²) in [7, 11) is 1.70. The number of nitrogens with one attached hydrogen (secondary N) is 2. The first-order valence-corrected chi connectivity index (χ1v) is 12.2. The van der Waals surface area contributed by atoms with Crippen LogP contribution >= 0.6 is 0 Å². The topological polar surface area (TPSA) is 98.2 Å². The molecule has 1 aliphatic heterocycles. The number of methoxy groups -OCH3 is 1. The molecule has 7 nitrogen and oxygen atoms in total. The molecule has 1 saturated heterocycles. The fraction of sp³-hybridized carbons (Fsp3) is 0.357.